The van der Waals surface area contributed by atoms with Gasteiger partial charge in [-0.25, -0.2) is 0 Å². The van der Waals surface area contributed by atoms with Crippen LogP contribution in [-0.2, 0) is 0 Å². The van der Waals surface area contributed by atoms with Gasteiger partial charge in [-0.15, -0.1) is 0 Å². The number of aromatic amines is 1. The van der Waals surface area contributed by atoms with Crippen LogP contribution in [0.15, 0.2) is 36.4 Å². The average molecular weight is 327 g/mol. The quantitative estimate of drug-likeness (QED) is 0.762. The molecule has 6 nitrogen and oxygen atoms in total. The Bertz CT molecular complexity index is 735. The topological polar surface area (TPSA) is 83.2 Å². The van der Waals surface area contributed by atoms with Gasteiger partial charge in [0.05, 0.1) is 0 Å². The number of amides is 2. The Morgan fingerprint density at radius 1 is 1.21 bits per heavy atom. The highest BCUT2D eigenvalue weighted by molar-refractivity contribution is 5.99. The fourth-order valence-electron chi connectivity index (χ4n) is 2.42. The van der Waals surface area contributed by atoms with E-state index in [0.717, 1.165) is 18.4 Å². The Hall–Kier alpha value is -2.76. The normalized spacial score (nSPS) is 14.8. The summed E-state index contributed by atoms with van der Waals surface area (Å²) in [4.78, 5) is 27.1. The fraction of sp³-hybridized carbons (Fsp3) is 0.333. The first-order chi connectivity index (χ1) is 11.6. The third-order valence-electron chi connectivity index (χ3n) is 3.97. The van der Waals surface area contributed by atoms with E-state index < -0.39 is 0 Å². The van der Waals surface area contributed by atoms with Crippen LogP contribution in [0.1, 0.15) is 52.4 Å². The molecule has 1 heterocycles. The number of aromatic nitrogens is 1. The first-order valence-electron chi connectivity index (χ1n) is 8.06. The van der Waals surface area contributed by atoms with Crippen molar-refractivity contribution in [1.29, 1.82) is 0 Å². The maximum atomic E-state index is 12.2. The molecule has 1 unspecified atom stereocenters. The summed E-state index contributed by atoms with van der Waals surface area (Å²) in [7, 11) is 1.54. The highest BCUT2D eigenvalue weighted by Gasteiger charge is 2.26. The van der Waals surface area contributed by atoms with Crippen molar-refractivity contribution in [3.8, 4) is 5.75 Å². The molecule has 126 valence electrons. The molecular formula is C18H21N3O3. The fourth-order valence-corrected chi connectivity index (χ4v) is 2.42. The molecule has 0 saturated heterocycles. The van der Waals surface area contributed by atoms with Crippen LogP contribution in [0.3, 0.4) is 0 Å². The highest BCUT2D eigenvalue weighted by atomic mass is 16.5. The number of carbonyl (C=O) groups is 2. The summed E-state index contributed by atoms with van der Waals surface area (Å²) < 4.78 is 5.93. The van der Waals surface area contributed by atoms with Gasteiger partial charge in [-0.05, 0) is 25.3 Å². The van der Waals surface area contributed by atoms with Gasteiger partial charge >= 0.3 is 0 Å². The monoisotopic (exact) mass is 327 g/mol. The molecule has 1 atom stereocenters. The number of nitrogens with one attached hydrogen (secondary N) is 3. The summed E-state index contributed by atoms with van der Waals surface area (Å²) in [6, 6.07) is 11.5. The van der Waals surface area contributed by atoms with Gasteiger partial charge in [-0.3, -0.25) is 9.59 Å². The van der Waals surface area contributed by atoms with Crippen LogP contribution in [0.5, 0.6) is 5.75 Å². The lowest BCUT2D eigenvalue weighted by molar-refractivity contribution is 0.0946. The zero-order valence-electron chi connectivity index (χ0n) is 13.8. The van der Waals surface area contributed by atoms with Gasteiger partial charge in [0.15, 0.2) is 5.75 Å². The van der Waals surface area contributed by atoms with Gasteiger partial charge in [-0.1, -0.05) is 30.3 Å². The van der Waals surface area contributed by atoms with Gasteiger partial charge in [0.25, 0.3) is 11.8 Å². The van der Waals surface area contributed by atoms with E-state index in [1.807, 2.05) is 37.3 Å². The molecule has 1 aliphatic rings. The van der Waals surface area contributed by atoms with Crippen molar-refractivity contribution in [2.75, 3.05) is 7.05 Å². The second-order valence-corrected chi connectivity index (χ2v) is 5.92. The maximum absolute atomic E-state index is 12.2. The van der Waals surface area contributed by atoms with E-state index in [4.69, 9.17) is 4.74 Å². The molecule has 24 heavy (non-hydrogen) atoms. The zero-order chi connectivity index (χ0) is 17.1. The molecule has 6 heteroatoms. The van der Waals surface area contributed by atoms with Gasteiger partial charge in [0, 0.05) is 19.2 Å². The lowest BCUT2D eigenvalue weighted by atomic mass is 10.1. The minimum Gasteiger partial charge on any atom is -0.484 e. The summed E-state index contributed by atoms with van der Waals surface area (Å²) in [5.74, 6) is -0.174. The molecule has 1 saturated carbocycles. The largest absolute Gasteiger partial charge is 0.484 e. The van der Waals surface area contributed by atoms with Crippen LogP contribution < -0.4 is 15.4 Å². The molecule has 2 aromatic rings. The molecule has 0 spiro atoms. The Morgan fingerprint density at radius 3 is 2.54 bits per heavy atom. The molecule has 3 N–H and O–H groups in total. The Labute approximate surface area is 140 Å². The summed E-state index contributed by atoms with van der Waals surface area (Å²) in [6.45, 7) is 1.90. The summed E-state index contributed by atoms with van der Waals surface area (Å²) in [6.07, 6.45) is 1.76. The molecule has 0 aliphatic heterocycles. The first-order valence-corrected chi connectivity index (χ1v) is 8.06. The lowest BCUT2D eigenvalue weighted by Gasteiger charge is -2.14. The summed E-state index contributed by atoms with van der Waals surface area (Å²) in [5.41, 5.74) is 1.57. The molecule has 1 fully saturated rings. The van der Waals surface area contributed by atoms with Crippen LogP contribution in [0.4, 0.5) is 0 Å². The smallest absolute Gasteiger partial charge is 0.271 e. The van der Waals surface area contributed by atoms with E-state index in [9.17, 15) is 9.59 Å². The van der Waals surface area contributed by atoms with E-state index in [0.29, 0.717) is 11.4 Å². The number of rotatable bonds is 6. The molecule has 1 aromatic carbocycles. The third-order valence-corrected chi connectivity index (χ3v) is 3.97. The van der Waals surface area contributed by atoms with Crippen LogP contribution >= 0.6 is 0 Å². The number of H-pyrrole nitrogens is 1. The lowest BCUT2D eigenvalue weighted by Crippen LogP contribution is -2.26. The Balaban J connectivity index is 1.83. The second kappa shape index (κ2) is 6.78. The molecule has 0 radical (unpaired) electrons. The van der Waals surface area contributed by atoms with Crippen molar-refractivity contribution >= 4 is 11.8 Å². The molecule has 1 aromatic heterocycles. The zero-order valence-corrected chi connectivity index (χ0v) is 13.8. The highest BCUT2D eigenvalue weighted by Crippen LogP contribution is 2.27. The van der Waals surface area contributed by atoms with Crippen LogP contribution in [-0.4, -0.2) is 29.9 Å². The standard InChI is InChI=1S/C18H21N3O3/c1-11(12-6-4-3-5-7-12)24-15-10-14(17(22)20-13-8-9-13)21-16(15)18(23)19-2/h3-7,10-11,13,21H,8-9H2,1-2H3,(H,19,23)(H,20,22). The summed E-state index contributed by atoms with van der Waals surface area (Å²) >= 11 is 0. The van der Waals surface area contributed by atoms with Gasteiger partial charge in [0.2, 0.25) is 0 Å². The number of hydrogen-bond acceptors (Lipinski definition) is 3. The minimum atomic E-state index is -0.323. The average Bonchev–Trinajstić information content (AvgIpc) is 3.32. The van der Waals surface area contributed by atoms with Crippen LogP contribution in [0, 0.1) is 0 Å². The predicted molar refractivity (Wildman–Crippen MR) is 90.2 cm³/mol. The van der Waals surface area contributed by atoms with Crippen molar-refractivity contribution in [2.45, 2.75) is 31.9 Å². The van der Waals surface area contributed by atoms with Crippen molar-refractivity contribution in [1.82, 2.24) is 15.6 Å². The molecule has 3 rings (SSSR count). The van der Waals surface area contributed by atoms with Gasteiger partial charge in [-0.2, -0.15) is 0 Å². The van der Waals surface area contributed by atoms with Crippen molar-refractivity contribution in [2.24, 2.45) is 0 Å². The maximum Gasteiger partial charge on any atom is 0.271 e. The molecule has 2 amide bonds. The Morgan fingerprint density at radius 2 is 1.92 bits per heavy atom. The molecule has 0 bridgehead atoms. The van der Waals surface area contributed by atoms with E-state index in [1.54, 1.807) is 6.07 Å². The second-order valence-electron chi connectivity index (χ2n) is 5.92. The Kier molecular flexibility index (Phi) is 4.55. The van der Waals surface area contributed by atoms with E-state index in [1.165, 1.54) is 7.05 Å². The van der Waals surface area contributed by atoms with E-state index >= 15 is 0 Å². The van der Waals surface area contributed by atoms with Crippen molar-refractivity contribution in [3.63, 3.8) is 0 Å². The molecule has 1 aliphatic carbocycles. The molecular weight excluding hydrogens is 306 g/mol. The van der Waals surface area contributed by atoms with Crippen molar-refractivity contribution < 1.29 is 14.3 Å². The number of benzene rings is 1. The third kappa shape index (κ3) is 3.59. The SMILES string of the molecule is CNC(=O)c1[nH]c(C(=O)NC2CC2)cc1OC(C)c1ccccc1. The predicted octanol–water partition coefficient (Wildman–Crippen LogP) is 2.41. The first kappa shape index (κ1) is 16.1. The number of hydrogen-bond donors (Lipinski definition) is 3. The van der Waals surface area contributed by atoms with Gasteiger partial charge in [0.1, 0.15) is 17.5 Å². The van der Waals surface area contributed by atoms with Crippen molar-refractivity contribution in [3.05, 3.63) is 53.3 Å². The number of carbonyl (C=O) groups excluding carboxylic acids is 2. The van der Waals surface area contributed by atoms with E-state index in [2.05, 4.69) is 15.6 Å². The van der Waals surface area contributed by atoms with Crippen LogP contribution in [0.2, 0.25) is 0 Å². The van der Waals surface area contributed by atoms with Crippen LogP contribution in [0.25, 0.3) is 0 Å². The minimum absolute atomic E-state index is 0.218. The van der Waals surface area contributed by atoms with Gasteiger partial charge < -0.3 is 20.4 Å². The summed E-state index contributed by atoms with van der Waals surface area (Å²) in [5, 5.41) is 5.45. The number of ether oxygens (including phenoxy) is 1. The van der Waals surface area contributed by atoms with E-state index in [-0.39, 0.29) is 29.7 Å².